The van der Waals surface area contributed by atoms with Crippen LogP contribution in [0.1, 0.15) is 17.0 Å². The van der Waals surface area contributed by atoms with Gasteiger partial charge in [-0.25, -0.2) is 14.0 Å². The summed E-state index contributed by atoms with van der Waals surface area (Å²) in [6, 6.07) is 24.3. The van der Waals surface area contributed by atoms with Crippen LogP contribution in [0.25, 0.3) is 0 Å². The van der Waals surface area contributed by atoms with Gasteiger partial charge < -0.3 is 15.2 Å². The van der Waals surface area contributed by atoms with Crippen LogP contribution in [0.2, 0.25) is 0 Å². The van der Waals surface area contributed by atoms with Crippen LogP contribution in [0, 0.1) is 17.1 Å². The molecule has 0 saturated heterocycles. The van der Waals surface area contributed by atoms with Crippen LogP contribution in [0.5, 0.6) is 0 Å². The molecule has 0 spiro atoms. The third-order valence-electron chi connectivity index (χ3n) is 6.00. The molecule has 0 aromatic heterocycles. The van der Waals surface area contributed by atoms with E-state index in [0.717, 1.165) is 5.56 Å². The van der Waals surface area contributed by atoms with Crippen molar-refractivity contribution in [3.05, 3.63) is 118 Å². The standard InChI is InChI=1S/C29H24FN3O4S/c1-36-28(34)25-24(19-10-4-3-5-11-19)21(16-31)27(32)33(26(25)29(35)37-2)22-13-6-7-14-23(22)38-17-18-9-8-12-20(30)15-18/h3-15,24H,17,32H2,1-2H3. The van der Waals surface area contributed by atoms with E-state index in [-0.39, 0.29) is 28.5 Å². The maximum absolute atomic E-state index is 13.7. The number of nitrogens with two attached hydrogens (primary N) is 1. The van der Waals surface area contributed by atoms with E-state index in [1.807, 2.05) is 12.1 Å². The zero-order valence-electron chi connectivity index (χ0n) is 20.7. The summed E-state index contributed by atoms with van der Waals surface area (Å²) in [4.78, 5) is 28.6. The number of hydrogen-bond acceptors (Lipinski definition) is 8. The second kappa shape index (κ2) is 11.7. The molecule has 0 saturated carbocycles. The lowest BCUT2D eigenvalue weighted by atomic mass is 9.81. The molecule has 0 amide bonds. The molecule has 0 bridgehead atoms. The zero-order valence-corrected chi connectivity index (χ0v) is 21.5. The molecule has 9 heteroatoms. The molecule has 4 rings (SSSR count). The number of esters is 2. The van der Waals surface area contributed by atoms with Crippen LogP contribution in [-0.2, 0) is 24.8 Å². The summed E-state index contributed by atoms with van der Waals surface area (Å²) in [5.41, 5.74) is 8.26. The van der Waals surface area contributed by atoms with Crippen molar-refractivity contribution in [1.29, 1.82) is 5.26 Å². The minimum atomic E-state index is -0.953. The van der Waals surface area contributed by atoms with Crippen molar-refractivity contribution in [2.24, 2.45) is 5.73 Å². The maximum Gasteiger partial charge on any atom is 0.355 e. The van der Waals surface area contributed by atoms with Crippen LogP contribution < -0.4 is 10.6 Å². The molecule has 2 N–H and O–H groups in total. The predicted octanol–water partition coefficient (Wildman–Crippen LogP) is 5.02. The van der Waals surface area contributed by atoms with Gasteiger partial charge in [0.25, 0.3) is 0 Å². The van der Waals surface area contributed by atoms with Crippen molar-refractivity contribution in [3.63, 3.8) is 0 Å². The van der Waals surface area contributed by atoms with Gasteiger partial charge >= 0.3 is 11.9 Å². The van der Waals surface area contributed by atoms with E-state index < -0.39 is 17.9 Å². The van der Waals surface area contributed by atoms with E-state index in [1.165, 1.54) is 43.0 Å². The highest BCUT2D eigenvalue weighted by Crippen LogP contribution is 2.45. The minimum Gasteiger partial charge on any atom is -0.466 e. The molecule has 192 valence electrons. The Bertz CT molecular complexity index is 1480. The smallest absolute Gasteiger partial charge is 0.355 e. The molecule has 3 aromatic carbocycles. The van der Waals surface area contributed by atoms with Gasteiger partial charge in [-0.3, -0.25) is 4.90 Å². The van der Waals surface area contributed by atoms with E-state index in [9.17, 15) is 19.2 Å². The molecule has 0 fully saturated rings. The summed E-state index contributed by atoms with van der Waals surface area (Å²) in [6.07, 6.45) is 0. The summed E-state index contributed by atoms with van der Waals surface area (Å²) < 4.78 is 23.9. The number of carbonyl (C=O) groups is 2. The summed E-state index contributed by atoms with van der Waals surface area (Å²) in [5.74, 6) is -2.51. The summed E-state index contributed by atoms with van der Waals surface area (Å²) in [7, 11) is 2.40. The van der Waals surface area contributed by atoms with Crippen LogP contribution in [0.3, 0.4) is 0 Å². The molecule has 0 aliphatic carbocycles. The SMILES string of the molecule is COC(=O)C1=C(C(=O)OC)N(c2ccccc2SCc2cccc(F)c2)C(N)=C(C#N)C1c1ccccc1. The lowest BCUT2D eigenvalue weighted by Gasteiger charge is -2.36. The first-order chi connectivity index (χ1) is 18.4. The molecule has 3 aromatic rings. The highest BCUT2D eigenvalue weighted by Gasteiger charge is 2.43. The number of ether oxygens (including phenoxy) is 2. The van der Waals surface area contributed by atoms with Gasteiger partial charge in [-0.15, -0.1) is 11.8 Å². The Morgan fingerprint density at radius 1 is 1.00 bits per heavy atom. The monoisotopic (exact) mass is 529 g/mol. The van der Waals surface area contributed by atoms with Gasteiger partial charge in [-0.2, -0.15) is 5.26 Å². The van der Waals surface area contributed by atoms with E-state index in [1.54, 1.807) is 54.6 Å². The highest BCUT2D eigenvalue weighted by molar-refractivity contribution is 7.98. The summed E-state index contributed by atoms with van der Waals surface area (Å²) >= 11 is 1.39. The third kappa shape index (κ3) is 5.12. The number of methoxy groups -OCH3 is 2. The number of thioether (sulfide) groups is 1. The second-order valence-corrected chi connectivity index (χ2v) is 9.24. The number of nitrogens with zero attached hydrogens (tertiary/aromatic N) is 2. The maximum atomic E-state index is 13.7. The number of allylic oxidation sites excluding steroid dienone is 1. The van der Waals surface area contributed by atoms with Gasteiger partial charge in [0.15, 0.2) is 0 Å². The molecule has 0 radical (unpaired) electrons. The van der Waals surface area contributed by atoms with Crippen LogP contribution in [-0.4, -0.2) is 26.2 Å². The van der Waals surface area contributed by atoms with Crippen molar-refractivity contribution in [1.82, 2.24) is 0 Å². The fourth-order valence-corrected chi connectivity index (χ4v) is 5.30. The van der Waals surface area contributed by atoms with E-state index in [0.29, 0.717) is 21.9 Å². The first kappa shape index (κ1) is 26.5. The molecule has 1 aliphatic heterocycles. The molecule has 1 heterocycles. The fourth-order valence-electron chi connectivity index (χ4n) is 4.32. The average Bonchev–Trinajstić information content (AvgIpc) is 2.95. The lowest BCUT2D eigenvalue weighted by molar-refractivity contribution is -0.139. The molecule has 1 atom stereocenters. The number of halogens is 1. The Morgan fingerprint density at radius 2 is 1.68 bits per heavy atom. The lowest BCUT2D eigenvalue weighted by Crippen LogP contribution is -2.41. The topological polar surface area (TPSA) is 106 Å². The number of hydrogen-bond donors (Lipinski definition) is 1. The van der Waals surface area contributed by atoms with Crippen molar-refractivity contribution >= 4 is 29.4 Å². The number of benzene rings is 3. The number of nitriles is 1. The zero-order chi connectivity index (χ0) is 27.2. The molecule has 38 heavy (non-hydrogen) atoms. The van der Waals surface area contributed by atoms with Gasteiger partial charge in [0.05, 0.1) is 43.0 Å². The average molecular weight is 530 g/mol. The van der Waals surface area contributed by atoms with Gasteiger partial charge in [0.2, 0.25) is 0 Å². The van der Waals surface area contributed by atoms with Crippen LogP contribution in [0.4, 0.5) is 10.1 Å². The predicted molar refractivity (Wildman–Crippen MR) is 142 cm³/mol. The fraction of sp³-hybridized carbons (Fsp3) is 0.138. The number of anilines is 1. The first-order valence-corrected chi connectivity index (χ1v) is 12.5. The van der Waals surface area contributed by atoms with Gasteiger partial charge in [0.1, 0.15) is 17.3 Å². The van der Waals surface area contributed by atoms with Gasteiger partial charge in [-0.1, -0.05) is 54.6 Å². The molecular formula is C29H24FN3O4S. The number of rotatable bonds is 7. The Hall–Kier alpha value is -4.55. The minimum absolute atomic E-state index is 0.0202. The Labute approximate surface area is 224 Å². The molecule has 1 aliphatic rings. The molecule has 1 unspecified atom stereocenters. The first-order valence-electron chi connectivity index (χ1n) is 11.5. The quantitative estimate of drug-likeness (QED) is 0.336. The van der Waals surface area contributed by atoms with E-state index in [2.05, 4.69) is 6.07 Å². The largest absolute Gasteiger partial charge is 0.466 e. The normalized spacial score (nSPS) is 15.2. The van der Waals surface area contributed by atoms with Crippen molar-refractivity contribution in [2.45, 2.75) is 16.6 Å². The Kier molecular flexibility index (Phi) is 8.14. The Balaban J connectivity index is 1.93. The van der Waals surface area contributed by atoms with Crippen LogP contribution >= 0.6 is 11.8 Å². The molecule has 7 nitrogen and oxygen atoms in total. The Morgan fingerprint density at radius 3 is 2.34 bits per heavy atom. The van der Waals surface area contributed by atoms with Crippen molar-refractivity contribution in [3.8, 4) is 6.07 Å². The molecular weight excluding hydrogens is 505 g/mol. The third-order valence-corrected chi connectivity index (χ3v) is 7.13. The van der Waals surface area contributed by atoms with Crippen molar-refractivity contribution < 1.29 is 23.5 Å². The summed E-state index contributed by atoms with van der Waals surface area (Å²) in [5, 5.41) is 10.2. The highest BCUT2D eigenvalue weighted by atomic mass is 32.2. The number of carbonyl (C=O) groups excluding carboxylic acids is 2. The van der Waals surface area contributed by atoms with Crippen molar-refractivity contribution in [2.75, 3.05) is 19.1 Å². The number of para-hydroxylation sites is 1. The van der Waals surface area contributed by atoms with Crippen LogP contribution in [0.15, 0.2) is 106 Å². The second-order valence-electron chi connectivity index (χ2n) is 8.22. The van der Waals surface area contributed by atoms with E-state index >= 15 is 0 Å². The van der Waals surface area contributed by atoms with Gasteiger partial charge in [-0.05, 0) is 35.4 Å². The van der Waals surface area contributed by atoms with E-state index in [4.69, 9.17) is 15.2 Å². The van der Waals surface area contributed by atoms with Gasteiger partial charge in [0, 0.05) is 10.6 Å². The summed E-state index contributed by atoms with van der Waals surface area (Å²) in [6.45, 7) is 0.